The number of piperidine rings is 1. The van der Waals surface area contributed by atoms with E-state index in [-0.39, 0.29) is 18.1 Å². The SMILES string of the molecule is CCn1c(CC2CCNCC2)nn(CC(=O)Nc2cnccn2)c1=O. The largest absolute Gasteiger partial charge is 0.346 e. The summed E-state index contributed by atoms with van der Waals surface area (Å²) in [6.45, 7) is 4.33. The van der Waals surface area contributed by atoms with Gasteiger partial charge in [-0.1, -0.05) is 0 Å². The van der Waals surface area contributed by atoms with Crippen molar-refractivity contribution >= 4 is 11.7 Å². The zero-order valence-corrected chi connectivity index (χ0v) is 14.3. The first-order valence-corrected chi connectivity index (χ1v) is 8.60. The molecule has 134 valence electrons. The molecule has 0 saturated carbocycles. The van der Waals surface area contributed by atoms with Crippen LogP contribution in [0.25, 0.3) is 0 Å². The summed E-state index contributed by atoms with van der Waals surface area (Å²) < 4.78 is 2.88. The van der Waals surface area contributed by atoms with Gasteiger partial charge in [0.25, 0.3) is 0 Å². The number of carbonyl (C=O) groups is 1. The lowest BCUT2D eigenvalue weighted by molar-refractivity contribution is -0.117. The third-order valence-corrected chi connectivity index (χ3v) is 4.37. The quantitative estimate of drug-likeness (QED) is 0.765. The van der Waals surface area contributed by atoms with Gasteiger partial charge in [0.05, 0.1) is 6.20 Å². The molecule has 1 amide bonds. The van der Waals surface area contributed by atoms with Crippen molar-refractivity contribution < 1.29 is 4.79 Å². The first kappa shape index (κ1) is 17.3. The number of hydrogen-bond donors (Lipinski definition) is 2. The first-order valence-electron chi connectivity index (χ1n) is 8.60. The average Bonchev–Trinajstić information content (AvgIpc) is 2.91. The number of amides is 1. The van der Waals surface area contributed by atoms with Gasteiger partial charge in [0.15, 0.2) is 5.82 Å². The van der Waals surface area contributed by atoms with Gasteiger partial charge in [-0.05, 0) is 38.8 Å². The monoisotopic (exact) mass is 345 g/mol. The molecule has 1 saturated heterocycles. The van der Waals surface area contributed by atoms with Crippen LogP contribution in [0.4, 0.5) is 5.82 Å². The van der Waals surface area contributed by atoms with E-state index in [4.69, 9.17) is 0 Å². The first-order chi connectivity index (χ1) is 12.2. The predicted octanol–water partition coefficient (Wildman–Crippen LogP) is 0.0355. The van der Waals surface area contributed by atoms with Gasteiger partial charge in [-0.15, -0.1) is 0 Å². The molecule has 2 aromatic rings. The summed E-state index contributed by atoms with van der Waals surface area (Å²) in [6, 6.07) is 0. The van der Waals surface area contributed by atoms with Gasteiger partial charge in [0, 0.05) is 25.4 Å². The fourth-order valence-electron chi connectivity index (χ4n) is 3.08. The van der Waals surface area contributed by atoms with E-state index in [0.29, 0.717) is 18.3 Å². The van der Waals surface area contributed by atoms with Crippen LogP contribution in [-0.2, 0) is 24.3 Å². The lowest BCUT2D eigenvalue weighted by atomic mass is 9.94. The van der Waals surface area contributed by atoms with E-state index in [1.54, 1.807) is 4.57 Å². The molecule has 3 rings (SSSR count). The second kappa shape index (κ2) is 8.02. The topological polar surface area (TPSA) is 107 Å². The van der Waals surface area contributed by atoms with E-state index in [1.165, 1.54) is 23.3 Å². The maximum Gasteiger partial charge on any atom is 0.346 e. The molecule has 0 unspecified atom stereocenters. The third kappa shape index (κ3) is 4.30. The maximum absolute atomic E-state index is 12.5. The smallest absolute Gasteiger partial charge is 0.317 e. The molecule has 1 fully saturated rings. The number of nitrogens with one attached hydrogen (secondary N) is 2. The molecule has 1 aliphatic heterocycles. The Labute approximate surface area is 145 Å². The number of hydrogen-bond acceptors (Lipinski definition) is 6. The normalized spacial score (nSPS) is 15.2. The molecule has 2 aromatic heterocycles. The molecule has 25 heavy (non-hydrogen) atoms. The van der Waals surface area contributed by atoms with Crippen LogP contribution >= 0.6 is 0 Å². The highest BCUT2D eigenvalue weighted by molar-refractivity contribution is 5.89. The molecule has 0 aliphatic carbocycles. The molecule has 1 aliphatic rings. The number of aromatic nitrogens is 5. The summed E-state index contributed by atoms with van der Waals surface area (Å²) in [7, 11) is 0. The molecule has 0 radical (unpaired) electrons. The maximum atomic E-state index is 12.5. The Balaban J connectivity index is 1.70. The molecule has 0 spiro atoms. The average molecular weight is 345 g/mol. The Morgan fingerprint density at radius 3 is 2.84 bits per heavy atom. The molecule has 3 heterocycles. The molecule has 2 N–H and O–H groups in total. The van der Waals surface area contributed by atoms with Crippen LogP contribution < -0.4 is 16.3 Å². The molecule has 9 heteroatoms. The van der Waals surface area contributed by atoms with E-state index < -0.39 is 0 Å². The van der Waals surface area contributed by atoms with Crippen molar-refractivity contribution in [1.82, 2.24) is 29.6 Å². The van der Waals surface area contributed by atoms with Crippen molar-refractivity contribution in [3.8, 4) is 0 Å². The molecule has 0 aromatic carbocycles. The van der Waals surface area contributed by atoms with Crippen LogP contribution in [0.2, 0.25) is 0 Å². The lowest BCUT2D eigenvalue weighted by Crippen LogP contribution is -2.31. The van der Waals surface area contributed by atoms with Crippen molar-refractivity contribution in [3.05, 3.63) is 34.9 Å². The van der Waals surface area contributed by atoms with Crippen LogP contribution in [0.5, 0.6) is 0 Å². The highest BCUT2D eigenvalue weighted by Crippen LogP contribution is 2.16. The van der Waals surface area contributed by atoms with Gasteiger partial charge >= 0.3 is 5.69 Å². The van der Waals surface area contributed by atoms with Crippen molar-refractivity contribution in [2.45, 2.75) is 39.3 Å². The lowest BCUT2D eigenvalue weighted by Gasteiger charge is -2.21. The zero-order chi connectivity index (χ0) is 17.6. The summed E-state index contributed by atoms with van der Waals surface area (Å²) in [6.07, 6.45) is 7.40. The number of nitrogens with zero attached hydrogens (tertiary/aromatic N) is 5. The fourth-order valence-corrected chi connectivity index (χ4v) is 3.08. The second-order valence-electron chi connectivity index (χ2n) is 6.14. The minimum absolute atomic E-state index is 0.137. The number of anilines is 1. The molecule has 0 atom stereocenters. The van der Waals surface area contributed by atoms with Crippen LogP contribution in [0.1, 0.15) is 25.6 Å². The van der Waals surface area contributed by atoms with Crippen molar-refractivity contribution in [3.63, 3.8) is 0 Å². The summed E-state index contributed by atoms with van der Waals surface area (Å²) in [4.78, 5) is 32.5. The van der Waals surface area contributed by atoms with Crippen molar-refractivity contribution in [2.75, 3.05) is 18.4 Å². The van der Waals surface area contributed by atoms with Gasteiger partial charge in [-0.25, -0.2) is 14.5 Å². The minimum atomic E-state index is -0.350. The van der Waals surface area contributed by atoms with Gasteiger partial charge in [0.1, 0.15) is 12.4 Å². The molecular formula is C16H23N7O2. The summed E-state index contributed by atoms with van der Waals surface area (Å²) in [5.41, 5.74) is -0.249. The van der Waals surface area contributed by atoms with Gasteiger partial charge < -0.3 is 10.6 Å². The minimum Gasteiger partial charge on any atom is -0.317 e. The number of carbonyl (C=O) groups excluding carboxylic acids is 1. The zero-order valence-electron chi connectivity index (χ0n) is 14.3. The van der Waals surface area contributed by atoms with Crippen molar-refractivity contribution in [2.24, 2.45) is 5.92 Å². The Kier molecular flexibility index (Phi) is 5.54. The van der Waals surface area contributed by atoms with Crippen LogP contribution in [-0.4, -0.2) is 43.3 Å². The highest BCUT2D eigenvalue weighted by Gasteiger charge is 2.20. The van der Waals surface area contributed by atoms with Crippen LogP contribution in [0.3, 0.4) is 0 Å². The van der Waals surface area contributed by atoms with E-state index in [2.05, 4.69) is 25.7 Å². The van der Waals surface area contributed by atoms with E-state index in [0.717, 1.165) is 38.2 Å². The van der Waals surface area contributed by atoms with Gasteiger partial charge in [-0.2, -0.15) is 5.10 Å². The second-order valence-corrected chi connectivity index (χ2v) is 6.14. The van der Waals surface area contributed by atoms with E-state index in [1.807, 2.05) is 6.92 Å². The van der Waals surface area contributed by atoms with Crippen molar-refractivity contribution in [1.29, 1.82) is 0 Å². The summed E-state index contributed by atoms with van der Waals surface area (Å²) >= 11 is 0. The van der Waals surface area contributed by atoms with Gasteiger partial charge in [0.2, 0.25) is 5.91 Å². The van der Waals surface area contributed by atoms with Crippen LogP contribution in [0, 0.1) is 5.92 Å². The fraction of sp³-hybridized carbons (Fsp3) is 0.562. The molecule has 9 nitrogen and oxygen atoms in total. The Morgan fingerprint density at radius 2 is 2.16 bits per heavy atom. The summed E-state index contributed by atoms with van der Waals surface area (Å²) in [5, 5.41) is 10.4. The Bertz CT molecular complexity index is 763. The van der Waals surface area contributed by atoms with E-state index >= 15 is 0 Å². The molecule has 0 bridgehead atoms. The molecular weight excluding hydrogens is 322 g/mol. The van der Waals surface area contributed by atoms with Crippen LogP contribution in [0.15, 0.2) is 23.4 Å². The number of rotatable bonds is 6. The predicted molar refractivity (Wildman–Crippen MR) is 92.1 cm³/mol. The van der Waals surface area contributed by atoms with Gasteiger partial charge in [-0.3, -0.25) is 14.3 Å². The Morgan fingerprint density at radius 1 is 1.36 bits per heavy atom. The Hall–Kier alpha value is -2.55. The highest BCUT2D eigenvalue weighted by atomic mass is 16.2. The van der Waals surface area contributed by atoms with E-state index in [9.17, 15) is 9.59 Å². The summed E-state index contributed by atoms with van der Waals surface area (Å²) in [5.74, 6) is 1.28. The standard InChI is InChI=1S/C16H23N7O2/c1-2-22-14(9-12-3-5-17-6-4-12)21-23(16(22)25)11-15(24)20-13-10-18-7-8-19-13/h7-8,10,12,17H,2-6,9,11H2,1H3,(H,19,20,24). The third-order valence-electron chi connectivity index (χ3n) is 4.37.